The number of nitrogens with one attached hydrogen (secondary N) is 1. The van der Waals surface area contributed by atoms with E-state index in [4.69, 9.17) is 0 Å². The van der Waals surface area contributed by atoms with Gasteiger partial charge in [-0.3, -0.25) is 4.79 Å². The first-order valence-electron chi connectivity index (χ1n) is 8.05. The second-order valence-corrected chi connectivity index (χ2v) is 8.04. The van der Waals surface area contributed by atoms with E-state index in [-0.39, 0.29) is 16.7 Å². The first-order chi connectivity index (χ1) is 12.5. The Hall–Kier alpha value is -2.44. The number of thiophene rings is 1. The van der Waals surface area contributed by atoms with E-state index in [9.17, 15) is 14.7 Å². The number of anilines is 1. The van der Waals surface area contributed by atoms with Crippen LogP contribution in [0.4, 0.5) is 5.69 Å². The van der Waals surface area contributed by atoms with Gasteiger partial charge in [0.1, 0.15) is 4.88 Å². The van der Waals surface area contributed by atoms with E-state index in [1.54, 1.807) is 0 Å². The zero-order valence-corrected chi connectivity index (χ0v) is 15.9. The van der Waals surface area contributed by atoms with Crippen LogP contribution in [-0.4, -0.2) is 17.0 Å². The molecule has 0 fully saturated rings. The molecule has 2 aromatic carbocycles. The lowest BCUT2D eigenvalue weighted by Crippen LogP contribution is -2.22. The van der Waals surface area contributed by atoms with Crippen LogP contribution in [0, 0.1) is 0 Å². The summed E-state index contributed by atoms with van der Waals surface area (Å²) in [4.78, 5) is 25.4. The van der Waals surface area contributed by atoms with Crippen LogP contribution in [0.2, 0.25) is 0 Å². The van der Waals surface area contributed by atoms with Crippen LogP contribution in [0.3, 0.4) is 0 Å². The molecule has 1 aromatic heterocycles. The molecule has 130 valence electrons. The number of amides is 1. The monoisotopic (exact) mass is 427 g/mol. The van der Waals surface area contributed by atoms with Gasteiger partial charge >= 0.3 is 5.97 Å². The number of hydrogen-bond acceptors (Lipinski definition) is 3. The Morgan fingerprint density at radius 2 is 1.92 bits per heavy atom. The number of carbonyl (C=O) groups is 2. The van der Waals surface area contributed by atoms with Gasteiger partial charge < -0.3 is 10.4 Å². The minimum absolute atomic E-state index is 0.102. The summed E-state index contributed by atoms with van der Waals surface area (Å²) < 4.78 is 0.931. The van der Waals surface area contributed by atoms with Crippen molar-refractivity contribution in [2.45, 2.75) is 12.3 Å². The van der Waals surface area contributed by atoms with Gasteiger partial charge in [-0.1, -0.05) is 58.4 Å². The smallest absolute Gasteiger partial charge is 0.346 e. The van der Waals surface area contributed by atoms with Crippen molar-refractivity contribution in [2.75, 3.05) is 5.32 Å². The third kappa shape index (κ3) is 2.95. The zero-order chi connectivity index (χ0) is 18.3. The molecule has 0 saturated heterocycles. The fourth-order valence-electron chi connectivity index (χ4n) is 3.31. The number of halogens is 1. The number of carboxylic acids is 1. The number of aromatic carboxylic acids is 1. The highest BCUT2D eigenvalue weighted by atomic mass is 79.9. The Balaban J connectivity index is 1.95. The van der Waals surface area contributed by atoms with Crippen molar-refractivity contribution in [3.05, 3.63) is 74.4 Å². The van der Waals surface area contributed by atoms with Crippen LogP contribution >= 0.6 is 27.3 Å². The number of benzene rings is 2. The largest absolute Gasteiger partial charge is 0.477 e. The maximum Gasteiger partial charge on any atom is 0.346 e. The van der Waals surface area contributed by atoms with Crippen LogP contribution in [0.5, 0.6) is 0 Å². The minimum atomic E-state index is -0.981. The number of carbonyl (C=O) groups excluding carboxylic acids is 1. The summed E-state index contributed by atoms with van der Waals surface area (Å²) in [5.74, 6) is -1.24. The number of fused-ring (bicyclic) bond motifs is 1. The molecule has 4 rings (SSSR count). The van der Waals surface area contributed by atoms with E-state index in [2.05, 4.69) is 21.2 Å². The van der Waals surface area contributed by atoms with Gasteiger partial charge in [0.15, 0.2) is 0 Å². The SMILES string of the molecule is O=C1C[C@H](c2cccc(Br)c2)c2sc(C(=O)O)c(-c3ccccc3)c2N1. The molecule has 3 aromatic rings. The van der Waals surface area contributed by atoms with Crippen LogP contribution in [0.15, 0.2) is 59.1 Å². The summed E-state index contributed by atoms with van der Waals surface area (Å²) in [6.07, 6.45) is 0.303. The van der Waals surface area contributed by atoms with Gasteiger partial charge in [0.25, 0.3) is 0 Å². The van der Waals surface area contributed by atoms with Crippen molar-refractivity contribution in [3.8, 4) is 11.1 Å². The highest BCUT2D eigenvalue weighted by Gasteiger charge is 2.34. The third-order valence-corrected chi connectivity index (χ3v) is 6.20. The van der Waals surface area contributed by atoms with Crippen molar-refractivity contribution in [1.29, 1.82) is 0 Å². The molecule has 1 amide bonds. The molecule has 26 heavy (non-hydrogen) atoms. The van der Waals surface area contributed by atoms with E-state index in [1.807, 2.05) is 54.6 Å². The average molecular weight is 428 g/mol. The lowest BCUT2D eigenvalue weighted by atomic mass is 9.89. The van der Waals surface area contributed by atoms with Crippen molar-refractivity contribution in [1.82, 2.24) is 0 Å². The summed E-state index contributed by atoms with van der Waals surface area (Å²) in [6.45, 7) is 0. The highest BCUT2D eigenvalue weighted by molar-refractivity contribution is 9.10. The van der Waals surface area contributed by atoms with Crippen LogP contribution in [0.1, 0.15) is 32.5 Å². The van der Waals surface area contributed by atoms with Gasteiger partial charge in [0.05, 0.1) is 5.69 Å². The molecule has 1 aliphatic rings. The van der Waals surface area contributed by atoms with Crippen LogP contribution < -0.4 is 5.32 Å². The van der Waals surface area contributed by atoms with E-state index in [0.29, 0.717) is 17.7 Å². The maximum absolute atomic E-state index is 12.4. The van der Waals surface area contributed by atoms with E-state index in [1.165, 1.54) is 11.3 Å². The van der Waals surface area contributed by atoms with Crippen molar-refractivity contribution in [2.24, 2.45) is 0 Å². The summed E-state index contributed by atoms with van der Waals surface area (Å²) in [6, 6.07) is 17.1. The lowest BCUT2D eigenvalue weighted by molar-refractivity contribution is -0.116. The topological polar surface area (TPSA) is 66.4 Å². The molecular formula is C20H14BrNO3S. The second-order valence-electron chi connectivity index (χ2n) is 6.08. The Morgan fingerprint density at radius 3 is 2.62 bits per heavy atom. The fourth-order valence-corrected chi connectivity index (χ4v) is 4.97. The molecular weight excluding hydrogens is 414 g/mol. The van der Waals surface area contributed by atoms with E-state index >= 15 is 0 Å². The van der Waals surface area contributed by atoms with Gasteiger partial charge in [0, 0.05) is 27.3 Å². The third-order valence-electron chi connectivity index (χ3n) is 4.41. The second kappa shape index (κ2) is 6.70. The quantitative estimate of drug-likeness (QED) is 0.591. The summed E-state index contributed by atoms with van der Waals surface area (Å²) in [5, 5.41) is 12.6. The van der Waals surface area contributed by atoms with Gasteiger partial charge in [0.2, 0.25) is 5.91 Å². The number of rotatable bonds is 3. The fraction of sp³-hybridized carbons (Fsp3) is 0.100. The molecule has 6 heteroatoms. The van der Waals surface area contributed by atoms with E-state index in [0.717, 1.165) is 20.5 Å². The lowest BCUT2D eigenvalue weighted by Gasteiger charge is -2.24. The first kappa shape index (κ1) is 17.0. The molecule has 2 heterocycles. The number of hydrogen-bond donors (Lipinski definition) is 2. The predicted octanol–water partition coefficient (Wildman–Crippen LogP) is 5.35. The molecule has 4 nitrogen and oxygen atoms in total. The normalized spacial score (nSPS) is 16.0. The minimum Gasteiger partial charge on any atom is -0.477 e. The summed E-state index contributed by atoms with van der Waals surface area (Å²) in [5.41, 5.74) is 3.00. The van der Waals surface area contributed by atoms with Crippen molar-refractivity contribution >= 4 is 44.8 Å². The molecule has 1 aliphatic heterocycles. The van der Waals surface area contributed by atoms with Crippen LogP contribution in [-0.2, 0) is 4.79 Å². The molecule has 1 atom stereocenters. The van der Waals surface area contributed by atoms with Crippen molar-refractivity contribution < 1.29 is 14.7 Å². The Bertz CT molecular complexity index is 1010. The van der Waals surface area contributed by atoms with Gasteiger partial charge in [-0.15, -0.1) is 11.3 Å². The standard InChI is InChI=1S/C20H14BrNO3S/c21-13-8-4-7-12(9-13)14-10-15(23)22-17-16(11-5-2-1-3-6-11)19(20(24)25)26-18(14)17/h1-9,14H,10H2,(H,22,23)(H,24,25)/t14-/m1/s1. The molecule has 0 aliphatic carbocycles. The molecule has 2 N–H and O–H groups in total. The number of carboxylic acid groups (broad SMARTS) is 1. The average Bonchev–Trinajstić information content (AvgIpc) is 3.01. The maximum atomic E-state index is 12.4. The summed E-state index contributed by atoms with van der Waals surface area (Å²) >= 11 is 4.72. The Labute approximate surface area is 162 Å². The summed E-state index contributed by atoms with van der Waals surface area (Å²) in [7, 11) is 0. The Kier molecular flexibility index (Phi) is 4.38. The molecule has 0 radical (unpaired) electrons. The Morgan fingerprint density at radius 1 is 1.15 bits per heavy atom. The van der Waals surface area contributed by atoms with Gasteiger partial charge in [-0.2, -0.15) is 0 Å². The van der Waals surface area contributed by atoms with E-state index < -0.39 is 5.97 Å². The highest BCUT2D eigenvalue weighted by Crippen LogP contribution is 2.49. The van der Waals surface area contributed by atoms with Crippen LogP contribution in [0.25, 0.3) is 11.1 Å². The predicted molar refractivity (Wildman–Crippen MR) is 106 cm³/mol. The molecule has 0 spiro atoms. The zero-order valence-electron chi connectivity index (χ0n) is 13.5. The molecule has 0 bridgehead atoms. The van der Waals surface area contributed by atoms with Crippen molar-refractivity contribution in [3.63, 3.8) is 0 Å². The molecule has 0 unspecified atom stereocenters. The first-order valence-corrected chi connectivity index (χ1v) is 9.66. The van der Waals surface area contributed by atoms with Gasteiger partial charge in [-0.25, -0.2) is 4.79 Å². The van der Waals surface area contributed by atoms with Gasteiger partial charge in [-0.05, 0) is 23.3 Å². The molecule has 0 saturated carbocycles.